The third-order valence-corrected chi connectivity index (χ3v) is 3.39. The van der Waals surface area contributed by atoms with Gasteiger partial charge in [0.2, 0.25) is 0 Å². The highest BCUT2D eigenvalue weighted by molar-refractivity contribution is 5.85. The third kappa shape index (κ3) is 2.91. The number of rotatable bonds is 4. The lowest BCUT2D eigenvalue weighted by atomic mass is 9.68. The van der Waals surface area contributed by atoms with Gasteiger partial charge in [-0.25, -0.2) is 9.59 Å². The van der Waals surface area contributed by atoms with Crippen molar-refractivity contribution < 1.29 is 19.4 Å². The molecule has 0 radical (unpaired) electrons. The number of nitrogens with one attached hydrogen (secondary N) is 1. The Balaban J connectivity index is 1.87. The smallest absolute Gasteiger partial charge is 0.408 e. The second-order valence-electron chi connectivity index (χ2n) is 4.85. The highest BCUT2D eigenvalue weighted by Crippen LogP contribution is 2.37. The van der Waals surface area contributed by atoms with Crippen LogP contribution in [-0.2, 0) is 16.1 Å². The Morgan fingerprint density at radius 3 is 2.60 bits per heavy atom. The third-order valence-electron chi connectivity index (χ3n) is 3.39. The Labute approximate surface area is 116 Å². The minimum Gasteiger partial charge on any atom is -0.480 e. The fourth-order valence-electron chi connectivity index (χ4n) is 2.18. The lowest BCUT2D eigenvalue weighted by Gasteiger charge is -2.41. The maximum absolute atomic E-state index is 11.7. The highest BCUT2D eigenvalue weighted by atomic mass is 16.5. The van der Waals surface area contributed by atoms with Gasteiger partial charge in [-0.05, 0) is 18.4 Å². The lowest BCUT2D eigenvalue weighted by Crippen LogP contribution is -2.62. The van der Waals surface area contributed by atoms with E-state index in [1.54, 1.807) is 0 Å². The fourth-order valence-corrected chi connectivity index (χ4v) is 2.18. The summed E-state index contributed by atoms with van der Waals surface area (Å²) in [4.78, 5) is 22.9. The molecule has 0 unspecified atom stereocenters. The van der Waals surface area contributed by atoms with E-state index < -0.39 is 17.6 Å². The van der Waals surface area contributed by atoms with Gasteiger partial charge in [-0.3, -0.25) is 0 Å². The quantitative estimate of drug-likeness (QED) is 0.820. The highest BCUT2D eigenvalue weighted by Gasteiger charge is 2.51. The largest absolute Gasteiger partial charge is 0.480 e. The van der Waals surface area contributed by atoms with E-state index in [2.05, 4.69) is 11.2 Å². The zero-order valence-corrected chi connectivity index (χ0v) is 10.8. The molecule has 5 heteroatoms. The standard InChI is InChI=1S/C15H15NO4/c1-2-11-8-15(9-11,13(17)18)16-14(19)20-10-12-6-4-3-5-7-12/h1,3-7,11H,8-10H2,(H,16,19)(H,17,18). The number of carboxylic acids is 1. The molecule has 0 heterocycles. The number of hydrogen-bond acceptors (Lipinski definition) is 3. The Morgan fingerprint density at radius 2 is 2.05 bits per heavy atom. The monoisotopic (exact) mass is 273 g/mol. The number of hydrogen-bond donors (Lipinski definition) is 2. The lowest BCUT2D eigenvalue weighted by molar-refractivity contribution is -0.149. The summed E-state index contributed by atoms with van der Waals surface area (Å²) in [5.74, 6) is 1.29. The first kappa shape index (κ1) is 13.9. The molecule has 0 saturated heterocycles. The minimum atomic E-state index is -1.29. The molecule has 0 aliphatic heterocycles. The van der Waals surface area contributed by atoms with E-state index in [1.807, 2.05) is 30.3 Å². The van der Waals surface area contributed by atoms with Gasteiger partial charge in [0.05, 0.1) is 0 Å². The van der Waals surface area contributed by atoms with E-state index in [1.165, 1.54) is 0 Å². The molecule has 0 aromatic heterocycles. The zero-order valence-electron chi connectivity index (χ0n) is 10.8. The van der Waals surface area contributed by atoms with Gasteiger partial charge in [0, 0.05) is 5.92 Å². The summed E-state index contributed by atoms with van der Waals surface area (Å²) in [6, 6.07) is 9.16. The molecular formula is C15H15NO4. The summed E-state index contributed by atoms with van der Waals surface area (Å²) in [6.45, 7) is 0.0982. The number of benzene rings is 1. The summed E-state index contributed by atoms with van der Waals surface area (Å²) in [7, 11) is 0. The van der Waals surface area contributed by atoms with Crippen molar-refractivity contribution in [3.63, 3.8) is 0 Å². The van der Waals surface area contributed by atoms with Gasteiger partial charge in [0.15, 0.2) is 0 Å². The van der Waals surface area contributed by atoms with E-state index in [4.69, 9.17) is 11.2 Å². The van der Waals surface area contributed by atoms with Gasteiger partial charge in [-0.1, -0.05) is 30.3 Å². The van der Waals surface area contributed by atoms with Crippen LogP contribution in [0.25, 0.3) is 0 Å². The molecule has 104 valence electrons. The molecule has 20 heavy (non-hydrogen) atoms. The summed E-state index contributed by atoms with van der Waals surface area (Å²) in [5, 5.41) is 11.6. The summed E-state index contributed by atoms with van der Waals surface area (Å²) in [5.41, 5.74) is -0.452. The van der Waals surface area contributed by atoms with Crippen molar-refractivity contribution in [2.75, 3.05) is 0 Å². The molecule has 5 nitrogen and oxygen atoms in total. The topological polar surface area (TPSA) is 75.6 Å². The van der Waals surface area contributed by atoms with Crippen molar-refractivity contribution in [3.8, 4) is 12.3 Å². The Kier molecular flexibility index (Phi) is 3.94. The fraction of sp³-hybridized carbons (Fsp3) is 0.333. The van der Waals surface area contributed by atoms with Crippen LogP contribution in [0.4, 0.5) is 4.79 Å². The number of carboxylic acid groups (broad SMARTS) is 1. The van der Waals surface area contributed by atoms with E-state index in [9.17, 15) is 14.7 Å². The normalized spacial score (nSPS) is 24.1. The number of carbonyl (C=O) groups excluding carboxylic acids is 1. The first-order valence-corrected chi connectivity index (χ1v) is 6.24. The molecule has 1 aromatic carbocycles. The molecule has 1 amide bonds. The average Bonchev–Trinajstić information content (AvgIpc) is 2.41. The van der Waals surface area contributed by atoms with Crippen molar-refractivity contribution >= 4 is 12.1 Å². The van der Waals surface area contributed by atoms with Crippen molar-refractivity contribution in [1.29, 1.82) is 0 Å². The number of aliphatic carboxylic acids is 1. The van der Waals surface area contributed by atoms with E-state index in [-0.39, 0.29) is 25.4 Å². The summed E-state index contributed by atoms with van der Waals surface area (Å²) >= 11 is 0. The van der Waals surface area contributed by atoms with Gasteiger partial charge >= 0.3 is 12.1 Å². The van der Waals surface area contributed by atoms with Gasteiger partial charge in [-0.15, -0.1) is 12.3 Å². The molecule has 0 spiro atoms. The van der Waals surface area contributed by atoms with Crippen LogP contribution in [0.15, 0.2) is 30.3 Å². The van der Waals surface area contributed by atoms with E-state index >= 15 is 0 Å². The number of alkyl carbamates (subject to hydrolysis) is 1. The maximum Gasteiger partial charge on any atom is 0.408 e. The number of amides is 1. The van der Waals surface area contributed by atoms with Gasteiger partial charge in [0.1, 0.15) is 12.1 Å². The van der Waals surface area contributed by atoms with Crippen molar-refractivity contribution in [3.05, 3.63) is 35.9 Å². The molecular weight excluding hydrogens is 258 g/mol. The van der Waals surface area contributed by atoms with Crippen LogP contribution in [0.2, 0.25) is 0 Å². The van der Waals surface area contributed by atoms with Crippen LogP contribution in [0, 0.1) is 18.3 Å². The molecule has 1 saturated carbocycles. The number of terminal acetylenes is 1. The molecule has 0 bridgehead atoms. The van der Waals surface area contributed by atoms with Crippen LogP contribution < -0.4 is 5.32 Å². The molecule has 1 fully saturated rings. The van der Waals surface area contributed by atoms with Crippen LogP contribution in [0.5, 0.6) is 0 Å². The predicted molar refractivity (Wildman–Crippen MR) is 71.7 cm³/mol. The second-order valence-corrected chi connectivity index (χ2v) is 4.85. The zero-order chi connectivity index (χ0) is 14.6. The second kappa shape index (κ2) is 5.66. The van der Waals surface area contributed by atoms with Gasteiger partial charge < -0.3 is 15.2 Å². The maximum atomic E-state index is 11.7. The average molecular weight is 273 g/mol. The molecule has 1 aliphatic carbocycles. The van der Waals surface area contributed by atoms with Crippen LogP contribution in [-0.4, -0.2) is 22.7 Å². The van der Waals surface area contributed by atoms with Gasteiger partial charge in [0.25, 0.3) is 0 Å². The molecule has 1 aliphatic rings. The predicted octanol–water partition coefficient (Wildman–Crippen LogP) is 1.78. The van der Waals surface area contributed by atoms with E-state index in [0.717, 1.165) is 5.56 Å². The SMILES string of the molecule is C#CC1CC(NC(=O)OCc2ccccc2)(C(=O)O)C1. The van der Waals surface area contributed by atoms with Crippen LogP contribution in [0.3, 0.4) is 0 Å². The summed E-state index contributed by atoms with van der Waals surface area (Å²) in [6.07, 6.45) is 4.96. The van der Waals surface area contributed by atoms with E-state index in [0.29, 0.717) is 0 Å². The Bertz CT molecular complexity index is 541. The first-order chi connectivity index (χ1) is 9.55. The van der Waals surface area contributed by atoms with Crippen molar-refractivity contribution in [2.45, 2.75) is 25.0 Å². The number of carbonyl (C=O) groups is 2. The molecule has 2 N–H and O–H groups in total. The summed E-state index contributed by atoms with van der Waals surface area (Å²) < 4.78 is 5.01. The Hall–Kier alpha value is -2.48. The molecule has 2 rings (SSSR count). The Morgan fingerprint density at radius 1 is 1.40 bits per heavy atom. The van der Waals surface area contributed by atoms with Crippen LogP contribution in [0.1, 0.15) is 18.4 Å². The molecule has 1 aromatic rings. The van der Waals surface area contributed by atoms with Gasteiger partial charge in [-0.2, -0.15) is 0 Å². The molecule has 0 atom stereocenters. The van der Waals surface area contributed by atoms with Crippen molar-refractivity contribution in [1.82, 2.24) is 5.32 Å². The first-order valence-electron chi connectivity index (χ1n) is 6.24. The minimum absolute atomic E-state index is 0.0982. The van der Waals surface area contributed by atoms with Crippen molar-refractivity contribution in [2.24, 2.45) is 5.92 Å². The van der Waals surface area contributed by atoms with Crippen LogP contribution >= 0.6 is 0 Å². The number of ether oxygens (including phenoxy) is 1.